The maximum Gasteiger partial charge on any atom is 0.0991 e. The van der Waals surface area contributed by atoms with Gasteiger partial charge in [0.15, 0.2) is 0 Å². The second-order valence-corrected chi connectivity index (χ2v) is 4.60. The molecule has 0 aromatic carbocycles. The van der Waals surface area contributed by atoms with Crippen LogP contribution >= 0.6 is 0 Å². The van der Waals surface area contributed by atoms with Crippen LogP contribution in [-0.2, 0) is 0 Å². The molecule has 0 aromatic rings. The minimum absolute atomic E-state index is 0.237. The van der Waals surface area contributed by atoms with E-state index in [4.69, 9.17) is 5.11 Å². The Morgan fingerprint density at radius 1 is 1.24 bits per heavy atom. The SMILES string of the molecule is C=CCCCCCCCC1=NCCN1CCO. The van der Waals surface area contributed by atoms with Gasteiger partial charge in [-0.1, -0.05) is 25.3 Å². The molecule has 3 nitrogen and oxygen atoms in total. The molecule has 0 unspecified atom stereocenters. The lowest BCUT2D eigenvalue weighted by atomic mass is 10.1. The number of rotatable bonds is 10. The van der Waals surface area contributed by atoms with Crippen LogP contribution in [0.1, 0.15) is 44.9 Å². The number of hydrogen-bond acceptors (Lipinski definition) is 3. The average Bonchev–Trinajstić information content (AvgIpc) is 2.76. The van der Waals surface area contributed by atoms with Gasteiger partial charge in [-0.2, -0.15) is 0 Å². The molecule has 0 amide bonds. The number of aliphatic hydroxyl groups is 1. The molecule has 1 aliphatic rings. The summed E-state index contributed by atoms with van der Waals surface area (Å²) in [4.78, 5) is 6.72. The third-order valence-corrected chi connectivity index (χ3v) is 3.21. The van der Waals surface area contributed by atoms with Gasteiger partial charge in [0.2, 0.25) is 0 Å². The van der Waals surface area contributed by atoms with Gasteiger partial charge in [0.1, 0.15) is 0 Å². The molecule has 0 saturated carbocycles. The Kier molecular flexibility index (Phi) is 7.72. The number of hydrogen-bond donors (Lipinski definition) is 1. The van der Waals surface area contributed by atoms with Crippen LogP contribution < -0.4 is 0 Å². The first-order chi connectivity index (χ1) is 8.38. The molecule has 98 valence electrons. The normalized spacial score (nSPS) is 15.1. The summed E-state index contributed by atoms with van der Waals surface area (Å²) in [6, 6.07) is 0. The molecule has 17 heavy (non-hydrogen) atoms. The van der Waals surface area contributed by atoms with Crippen molar-refractivity contribution in [3.63, 3.8) is 0 Å². The molecule has 0 aromatic heterocycles. The van der Waals surface area contributed by atoms with Gasteiger partial charge in [-0.25, -0.2) is 0 Å². The number of amidine groups is 1. The van der Waals surface area contributed by atoms with Gasteiger partial charge in [0.25, 0.3) is 0 Å². The van der Waals surface area contributed by atoms with Crippen molar-refractivity contribution in [2.45, 2.75) is 44.9 Å². The highest BCUT2D eigenvalue weighted by Gasteiger charge is 2.14. The molecule has 0 bridgehead atoms. The molecule has 0 aliphatic carbocycles. The van der Waals surface area contributed by atoms with Gasteiger partial charge >= 0.3 is 0 Å². The summed E-state index contributed by atoms with van der Waals surface area (Å²) in [5.41, 5.74) is 0. The van der Waals surface area contributed by atoms with E-state index in [2.05, 4.69) is 16.5 Å². The average molecular weight is 238 g/mol. The van der Waals surface area contributed by atoms with Crippen LogP contribution in [0.4, 0.5) is 0 Å². The van der Waals surface area contributed by atoms with Crippen LogP contribution in [0.2, 0.25) is 0 Å². The number of nitrogens with zero attached hydrogens (tertiary/aromatic N) is 2. The van der Waals surface area contributed by atoms with Crippen molar-refractivity contribution in [1.82, 2.24) is 4.90 Å². The minimum atomic E-state index is 0.237. The van der Waals surface area contributed by atoms with Crippen molar-refractivity contribution in [3.05, 3.63) is 12.7 Å². The van der Waals surface area contributed by atoms with Crippen LogP contribution in [0.25, 0.3) is 0 Å². The Hall–Kier alpha value is -0.830. The fraction of sp³-hybridized carbons (Fsp3) is 0.786. The first kappa shape index (κ1) is 14.2. The topological polar surface area (TPSA) is 35.8 Å². The molecule has 0 atom stereocenters. The highest BCUT2D eigenvalue weighted by Crippen LogP contribution is 2.11. The van der Waals surface area contributed by atoms with Crippen molar-refractivity contribution in [1.29, 1.82) is 0 Å². The Morgan fingerprint density at radius 2 is 2.00 bits per heavy atom. The summed E-state index contributed by atoms with van der Waals surface area (Å²) < 4.78 is 0. The monoisotopic (exact) mass is 238 g/mol. The molecule has 3 heteroatoms. The maximum atomic E-state index is 8.93. The van der Waals surface area contributed by atoms with Crippen molar-refractivity contribution in [2.24, 2.45) is 4.99 Å². The zero-order valence-corrected chi connectivity index (χ0v) is 10.9. The first-order valence-corrected chi connectivity index (χ1v) is 6.88. The van der Waals surface area contributed by atoms with E-state index in [9.17, 15) is 0 Å². The van der Waals surface area contributed by atoms with Gasteiger partial charge in [-0.3, -0.25) is 4.99 Å². The van der Waals surface area contributed by atoms with Crippen LogP contribution in [0.5, 0.6) is 0 Å². The van der Waals surface area contributed by atoms with Gasteiger partial charge < -0.3 is 10.0 Å². The summed E-state index contributed by atoms with van der Waals surface area (Å²) in [5.74, 6) is 1.21. The molecule has 1 rings (SSSR count). The molecular weight excluding hydrogens is 212 g/mol. The predicted octanol–water partition coefficient (Wildman–Crippen LogP) is 2.61. The highest BCUT2D eigenvalue weighted by molar-refractivity contribution is 5.83. The summed E-state index contributed by atoms with van der Waals surface area (Å²) in [5, 5.41) is 8.93. The third-order valence-electron chi connectivity index (χ3n) is 3.21. The Balaban J connectivity index is 2.00. The number of β-amino-alcohol motifs (C(OH)–C–C–N with tert-alkyl or cyclic N) is 1. The van der Waals surface area contributed by atoms with Crippen LogP contribution in [0, 0.1) is 0 Å². The predicted molar refractivity (Wildman–Crippen MR) is 73.5 cm³/mol. The van der Waals surface area contributed by atoms with Crippen molar-refractivity contribution in [2.75, 3.05) is 26.2 Å². The number of aliphatic imine (C=N–C) groups is 1. The number of allylic oxidation sites excluding steroid dienone is 1. The molecule has 0 radical (unpaired) electrons. The molecule has 0 fully saturated rings. The second-order valence-electron chi connectivity index (χ2n) is 4.60. The number of unbranched alkanes of at least 4 members (excludes halogenated alkanes) is 5. The summed E-state index contributed by atoms with van der Waals surface area (Å²) >= 11 is 0. The second kappa shape index (κ2) is 9.23. The van der Waals surface area contributed by atoms with Crippen LogP contribution in [0.3, 0.4) is 0 Å². The third kappa shape index (κ3) is 5.87. The van der Waals surface area contributed by atoms with Crippen LogP contribution in [-0.4, -0.2) is 42.1 Å². The van der Waals surface area contributed by atoms with Crippen molar-refractivity contribution in [3.8, 4) is 0 Å². The lowest BCUT2D eigenvalue weighted by Crippen LogP contribution is -2.30. The maximum absolute atomic E-state index is 8.93. The van der Waals surface area contributed by atoms with Crippen molar-refractivity contribution >= 4 is 5.84 Å². The minimum Gasteiger partial charge on any atom is -0.395 e. The fourth-order valence-electron chi connectivity index (χ4n) is 2.23. The van der Waals surface area contributed by atoms with Crippen molar-refractivity contribution < 1.29 is 5.11 Å². The zero-order chi connectivity index (χ0) is 12.3. The first-order valence-electron chi connectivity index (χ1n) is 6.88. The quantitative estimate of drug-likeness (QED) is 0.469. The van der Waals surface area contributed by atoms with E-state index >= 15 is 0 Å². The van der Waals surface area contributed by atoms with E-state index in [1.165, 1.54) is 37.9 Å². The van der Waals surface area contributed by atoms with Gasteiger partial charge in [0.05, 0.1) is 19.0 Å². The van der Waals surface area contributed by atoms with Crippen LogP contribution in [0.15, 0.2) is 17.6 Å². The largest absolute Gasteiger partial charge is 0.395 e. The van der Waals surface area contributed by atoms with E-state index in [1.807, 2.05) is 6.08 Å². The molecule has 1 heterocycles. The number of aliphatic hydroxyl groups excluding tert-OH is 1. The zero-order valence-electron chi connectivity index (χ0n) is 10.9. The Labute approximate surface area is 105 Å². The van der Waals surface area contributed by atoms with E-state index in [-0.39, 0.29) is 6.61 Å². The lowest BCUT2D eigenvalue weighted by molar-refractivity contribution is 0.255. The smallest absolute Gasteiger partial charge is 0.0991 e. The molecular formula is C14H26N2O. The van der Waals surface area contributed by atoms with E-state index in [0.29, 0.717) is 0 Å². The van der Waals surface area contributed by atoms with Gasteiger partial charge in [-0.05, 0) is 19.3 Å². The summed E-state index contributed by atoms with van der Waals surface area (Å²) in [6.45, 7) is 6.62. The highest BCUT2D eigenvalue weighted by atomic mass is 16.3. The summed E-state index contributed by atoms with van der Waals surface area (Å²) in [7, 11) is 0. The lowest BCUT2D eigenvalue weighted by Gasteiger charge is -2.18. The molecule has 1 aliphatic heterocycles. The van der Waals surface area contributed by atoms with Gasteiger partial charge in [0, 0.05) is 19.5 Å². The Morgan fingerprint density at radius 3 is 2.76 bits per heavy atom. The fourth-order valence-corrected chi connectivity index (χ4v) is 2.23. The van der Waals surface area contributed by atoms with Gasteiger partial charge in [-0.15, -0.1) is 6.58 Å². The summed E-state index contributed by atoms with van der Waals surface area (Å²) in [6.07, 6.45) is 10.7. The Bertz CT molecular complexity index is 238. The van der Waals surface area contributed by atoms with E-state index < -0.39 is 0 Å². The molecule has 0 spiro atoms. The van der Waals surface area contributed by atoms with E-state index in [0.717, 1.165) is 32.5 Å². The standard InChI is InChI=1S/C14H26N2O/c1-2-3-4-5-6-7-8-9-14-15-10-11-16(14)12-13-17/h2,17H,1,3-13H2. The molecule has 0 saturated heterocycles. The molecule has 1 N–H and O–H groups in total. The van der Waals surface area contributed by atoms with E-state index in [1.54, 1.807) is 0 Å².